The number of nitrogens with zero attached hydrogens (tertiary/aromatic N) is 2. The van der Waals surface area contributed by atoms with Crippen molar-refractivity contribution in [2.24, 2.45) is 5.92 Å². The highest BCUT2D eigenvalue weighted by Crippen LogP contribution is 2.47. The number of furan rings is 1. The Morgan fingerprint density at radius 2 is 2.22 bits per heavy atom. The van der Waals surface area contributed by atoms with E-state index in [4.69, 9.17) is 4.42 Å². The Morgan fingerprint density at radius 3 is 2.83 bits per heavy atom. The second-order valence-corrected chi connectivity index (χ2v) is 7.96. The molecule has 1 aliphatic heterocycles. The summed E-state index contributed by atoms with van der Waals surface area (Å²) >= 11 is 1.30. The van der Waals surface area contributed by atoms with Crippen molar-refractivity contribution in [3.05, 3.63) is 23.7 Å². The van der Waals surface area contributed by atoms with Crippen LogP contribution in [0.2, 0.25) is 0 Å². The average molecular weight is 334 g/mol. The molecule has 5 nitrogen and oxygen atoms in total. The van der Waals surface area contributed by atoms with Crippen molar-refractivity contribution in [2.45, 2.75) is 44.7 Å². The third kappa shape index (κ3) is 3.27. The molecule has 0 radical (unpaired) electrons. The lowest BCUT2D eigenvalue weighted by molar-refractivity contribution is -0.133. The molecule has 0 aromatic carbocycles. The largest absolute Gasteiger partial charge is 0.464 e. The summed E-state index contributed by atoms with van der Waals surface area (Å²) in [6.45, 7) is 3.64. The van der Waals surface area contributed by atoms with E-state index in [0.29, 0.717) is 31.0 Å². The summed E-state index contributed by atoms with van der Waals surface area (Å²) in [6.07, 6.45) is 3.32. The summed E-state index contributed by atoms with van der Waals surface area (Å²) in [7, 11) is 0. The van der Waals surface area contributed by atoms with Crippen molar-refractivity contribution in [3.8, 4) is 0 Å². The van der Waals surface area contributed by atoms with E-state index in [0.717, 1.165) is 30.1 Å². The number of rotatable bonds is 6. The van der Waals surface area contributed by atoms with E-state index in [1.54, 1.807) is 4.90 Å². The van der Waals surface area contributed by atoms with Crippen LogP contribution < -0.4 is 0 Å². The quantitative estimate of drug-likeness (QED) is 0.802. The van der Waals surface area contributed by atoms with Crippen molar-refractivity contribution in [2.75, 3.05) is 18.8 Å². The highest BCUT2D eigenvalue weighted by molar-refractivity contribution is 8.13. The van der Waals surface area contributed by atoms with Gasteiger partial charge in [0.2, 0.25) is 5.91 Å². The van der Waals surface area contributed by atoms with E-state index < -0.39 is 0 Å². The van der Waals surface area contributed by atoms with Gasteiger partial charge in [0.15, 0.2) is 0 Å². The van der Waals surface area contributed by atoms with Gasteiger partial charge in [-0.2, -0.15) is 0 Å². The van der Waals surface area contributed by atoms with Gasteiger partial charge in [0, 0.05) is 24.3 Å². The molecule has 0 bridgehead atoms. The van der Waals surface area contributed by atoms with Gasteiger partial charge in [-0.3, -0.25) is 9.59 Å². The van der Waals surface area contributed by atoms with E-state index in [1.165, 1.54) is 18.2 Å². The number of hydrogen-bond donors (Lipinski definition) is 0. The van der Waals surface area contributed by atoms with Crippen molar-refractivity contribution >= 4 is 22.9 Å². The first-order valence-corrected chi connectivity index (χ1v) is 9.40. The fourth-order valence-electron chi connectivity index (χ4n) is 3.20. The predicted octanol–water partition coefficient (Wildman–Crippen LogP) is 3.06. The van der Waals surface area contributed by atoms with Gasteiger partial charge in [-0.05, 0) is 37.3 Å². The Balaban J connectivity index is 1.40. The molecule has 2 heterocycles. The van der Waals surface area contributed by atoms with E-state index in [9.17, 15) is 9.59 Å². The first kappa shape index (κ1) is 15.1. The normalized spacial score (nSPS) is 26.7. The molecule has 2 atom stereocenters. The molecule has 6 heteroatoms. The summed E-state index contributed by atoms with van der Waals surface area (Å²) in [5, 5.41) is 0.0251. The first-order chi connectivity index (χ1) is 11.1. The highest BCUT2D eigenvalue weighted by atomic mass is 32.2. The second kappa shape index (κ2) is 5.89. The van der Waals surface area contributed by atoms with Crippen LogP contribution >= 0.6 is 11.8 Å². The third-order valence-electron chi connectivity index (χ3n) is 4.96. The molecule has 3 fully saturated rings. The molecular formula is C17H22N2O3S. The topological polar surface area (TPSA) is 53.8 Å². The Bertz CT molecular complexity index is 625. The van der Waals surface area contributed by atoms with Crippen LogP contribution in [-0.2, 0) is 11.3 Å². The Morgan fingerprint density at radius 1 is 1.43 bits per heavy atom. The third-order valence-corrected chi connectivity index (χ3v) is 5.85. The molecule has 1 saturated heterocycles. The lowest BCUT2D eigenvalue weighted by Gasteiger charge is -2.24. The van der Waals surface area contributed by atoms with E-state index in [-0.39, 0.29) is 17.7 Å². The van der Waals surface area contributed by atoms with Crippen molar-refractivity contribution < 1.29 is 14.0 Å². The van der Waals surface area contributed by atoms with Gasteiger partial charge < -0.3 is 14.2 Å². The zero-order chi connectivity index (χ0) is 16.0. The molecule has 1 aromatic heterocycles. The van der Waals surface area contributed by atoms with Crippen molar-refractivity contribution in [3.63, 3.8) is 0 Å². The summed E-state index contributed by atoms with van der Waals surface area (Å²) in [6, 6.07) is 4.38. The van der Waals surface area contributed by atoms with Crippen LogP contribution in [0, 0.1) is 5.92 Å². The molecule has 2 saturated carbocycles. The van der Waals surface area contributed by atoms with Gasteiger partial charge in [0.25, 0.3) is 5.24 Å². The van der Waals surface area contributed by atoms with E-state index in [2.05, 4.69) is 13.0 Å². The Kier molecular flexibility index (Phi) is 3.87. The number of hydrogen-bond acceptors (Lipinski definition) is 4. The Labute approximate surface area is 140 Å². The monoisotopic (exact) mass is 334 g/mol. The summed E-state index contributed by atoms with van der Waals surface area (Å²) in [4.78, 5) is 27.9. The number of thioether (sulfide) groups is 1. The van der Waals surface area contributed by atoms with Gasteiger partial charge in [0.1, 0.15) is 18.1 Å². The van der Waals surface area contributed by atoms with Gasteiger partial charge >= 0.3 is 0 Å². The van der Waals surface area contributed by atoms with Gasteiger partial charge in [-0.25, -0.2) is 0 Å². The van der Waals surface area contributed by atoms with Crippen LogP contribution in [0.25, 0.3) is 0 Å². The molecule has 124 valence electrons. The smallest absolute Gasteiger partial charge is 0.282 e. The molecular weight excluding hydrogens is 312 g/mol. The average Bonchev–Trinajstić information content (AvgIpc) is 3.41. The highest BCUT2D eigenvalue weighted by Gasteiger charge is 2.38. The summed E-state index contributed by atoms with van der Waals surface area (Å²) < 4.78 is 5.95. The molecule has 1 aromatic rings. The zero-order valence-corrected chi connectivity index (χ0v) is 14.2. The minimum absolute atomic E-state index is 0.0251. The lowest BCUT2D eigenvalue weighted by Crippen LogP contribution is -2.41. The van der Waals surface area contributed by atoms with Crippen LogP contribution in [0.4, 0.5) is 4.79 Å². The molecule has 0 N–H and O–H groups in total. The number of carbonyl (C=O) groups excluding carboxylic acids is 2. The molecule has 2 amide bonds. The van der Waals surface area contributed by atoms with Crippen LogP contribution in [-0.4, -0.2) is 45.8 Å². The number of carbonyl (C=O) groups is 2. The SMILES string of the molecule is C[C@@H]1C[C@H]1c1ccc(CN(C(=O)CN2CCSC2=O)C2CC2)o1. The van der Waals surface area contributed by atoms with Crippen LogP contribution in [0.3, 0.4) is 0 Å². The maximum atomic E-state index is 12.6. The maximum absolute atomic E-state index is 12.6. The fourth-order valence-corrected chi connectivity index (χ4v) is 4.02. The predicted molar refractivity (Wildman–Crippen MR) is 88.2 cm³/mol. The van der Waals surface area contributed by atoms with Crippen LogP contribution in [0.1, 0.15) is 43.6 Å². The number of amides is 2. The first-order valence-electron chi connectivity index (χ1n) is 8.41. The fraction of sp³-hybridized carbons (Fsp3) is 0.647. The molecule has 0 unspecified atom stereocenters. The van der Waals surface area contributed by atoms with E-state index >= 15 is 0 Å². The molecule has 2 aliphatic carbocycles. The molecule has 4 rings (SSSR count). The summed E-state index contributed by atoms with van der Waals surface area (Å²) in [5.41, 5.74) is 0. The minimum atomic E-state index is 0.0251. The molecule has 3 aliphatic rings. The van der Waals surface area contributed by atoms with Crippen LogP contribution in [0.15, 0.2) is 16.5 Å². The lowest BCUT2D eigenvalue weighted by atomic mass is 10.3. The van der Waals surface area contributed by atoms with Gasteiger partial charge in [0.05, 0.1) is 6.54 Å². The van der Waals surface area contributed by atoms with Crippen molar-refractivity contribution in [1.82, 2.24) is 9.80 Å². The Hall–Kier alpha value is -1.43. The van der Waals surface area contributed by atoms with Crippen molar-refractivity contribution in [1.29, 1.82) is 0 Å². The second-order valence-electron chi connectivity index (χ2n) is 6.91. The minimum Gasteiger partial charge on any atom is -0.464 e. The van der Waals surface area contributed by atoms with Gasteiger partial charge in [-0.15, -0.1) is 0 Å². The van der Waals surface area contributed by atoms with Crippen LogP contribution in [0.5, 0.6) is 0 Å². The standard InChI is InChI=1S/C17H22N2O3S/c1-11-8-14(11)15-5-4-13(22-15)9-19(12-2-3-12)16(20)10-18-6-7-23-17(18)21/h4-5,11-12,14H,2-3,6-10H2,1H3/t11-,14-/m1/s1. The molecule has 23 heavy (non-hydrogen) atoms. The summed E-state index contributed by atoms with van der Waals surface area (Å²) in [5.74, 6) is 4.03. The zero-order valence-electron chi connectivity index (χ0n) is 13.4. The maximum Gasteiger partial charge on any atom is 0.282 e. The van der Waals surface area contributed by atoms with Gasteiger partial charge in [-0.1, -0.05) is 18.7 Å². The molecule has 0 spiro atoms. The van der Waals surface area contributed by atoms with E-state index in [1.807, 2.05) is 11.0 Å².